The Morgan fingerprint density at radius 2 is 1.71 bits per heavy atom. The van der Waals surface area contributed by atoms with Gasteiger partial charge in [0.25, 0.3) is 11.6 Å². The molecule has 0 aromatic heterocycles. The molecular weight excluding hydrogens is 450 g/mol. The number of hydrogen-bond acceptors (Lipinski definition) is 6. The molecule has 34 heavy (non-hydrogen) atoms. The van der Waals surface area contributed by atoms with E-state index in [1.807, 2.05) is 0 Å². The van der Waals surface area contributed by atoms with Crippen molar-refractivity contribution in [3.63, 3.8) is 0 Å². The second-order valence-corrected chi connectivity index (χ2v) is 7.08. The van der Waals surface area contributed by atoms with Gasteiger partial charge in [0.15, 0.2) is 6.61 Å². The summed E-state index contributed by atoms with van der Waals surface area (Å²) in [6.45, 7) is -2.86. The van der Waals surface area contributed by atoms with Crippen molar-refractivity contribution in [1.29, 1.82) is 0 Å². The normalized spacial score (nSPS) is 10.6. The van der Waals surface area contributed by atoms with Gasteiger partial charge in [0.1, 0.15) is 17.2 Å². The van der Waals surface area contributed by atoms with Gasteiger partial charge in [0, 0.05) is 24.2 Å². The summed E-state index contributed by atoms with van der Waals surface area (Å²) in [6, 6.07) is 17.2. The fourth-order valence-corrected chi connectivity index (χ4v) is 3.13. The Bertz CT molecular complexity index is 1120. The van der Waals surface area contributed by atoms with Crippen LogP contribution in [0.5, 0.6) is 17.2 Å². The van der Waals surface area contributed by atoms with Gasteiger partial charge in [-0.2, -0.15) is 8.78 Å². The minimum absolute atomic E-state index is 0.0620. The van der Waals surface area contributed by atoms with Gasteiger partial charge >= 0.3 is 6.61 Å². The number of nitrogens with one attached hydrogen (secondary N) is 1. The Hall–Kier alpha value is -4.21. The standard InChI is InChI=1S/C24H22F2N2O6/c1-32-19-9-4-17(5-10-19)21-14-18(28(30)31)6-11-22(21)33-15-23(29)27-13-12-16-2-7-20(8-3-16)34-24(25)26/h2-11,14,24H,12-13,15H2,1H3,(H,27,29). The minimum Gasteiger partial charge on any atom is -0.497 e. The van der Waals surface area contributed by atoms with Crippen molar-refractivity contribution in [3.05, 3.63) is 82.4 Å². The number of amides is 1. The molecule has 0 spiro atoms. The number of rotatable bonds is 11. The van der Waals surface area contributed by atoms with Gasteiger partial charge in [0.2, 0.25) is 0 Å². The van der Waals surface area contributed by atoms with Crippen LogP contribution >= 0.6 is 0 Å². The van der Waals surface area contributed by atoms with E-state index in [4.69, 9.17) is 9.47 Å². The van der Waals surface area contributed by atoms with Crippen LogP contribution in [-0.2, 0) is 11.2 Å². The van der Waals surface area contributed by atoms with Crippen molar-refractivity contribution >= 4 is 11.6 Å². The van der Waals surface area contributed by atoms with Crippen LogP contribution in [0.3, 0.4) is 0 Å². The highest BCUT2D eigenvalue weighted by atomic mass is 19.3. The van der Waals surface area contributed by atoms with Crippen LogP contribution in [0.1, 0.15) is 5.56 Å². The first-order valence-corrected chi connectivity index (χ1v) is 10.2. The molecule has 0 unspecified atom stereocenters. The van der Waals surface area contributed by atoms with Gasteiger partial charge in [-0.3, -0.25) is 14.9 Å². The highest BCUT2D eigenvalue weighted by Crippen LogP contribution is 2.34. The van der Waals surface area contributed by atoms with Gasteiger partial charge in [-0.15, -0.1) is 0 Å². The van der Waals surface area contributed by atoms with E-state index in [2.05, 4.69) is 10.1 Å². The van der Waals surface area contributed by atoms with E-state index in [1.54, 1.807) is 36.4 Å². The number of nitro benzene ring substituents is 1. The second kappa shape index (κ2) is 11.6. The number of carbonyl (C=O) groups excluding carboxylic acids is 1. The fourth-order valence-electron chi connectivity index (χ4n) is 3.13. The number of benzene rings is 3. The molecule has 1 amide bonds. The van der Waals surface area contributed by atoms with E-state index in [-0.39, 0.29) is 24.0 Å². The van der Waals surface area contributed by atoms with E-state index < -0.39 is 11.5 Å². The SMILES string of the molecule is COc1ccc(-c2cc([N+](=O)[O-])ccc2OCC(=O)NCCc2ccc(OC(F)F)cc2)cc1. The highest BCUT2D eigenvalue weighted by Gasteiger charge is 2.15. The summed E-state index contributed by atoms with van der Waals surface area (Å²) in [5, 5.41) is 13.9. The van der Waals surface area contributed by atoms with Crippen LogP contribution in [0.4, 0.5) is 14.5 Å². The van der Waals surface area contributed by atoms with Gasteiger partial charge in [-0.25, -0.2) is 0 Å². The maximum absolute atomic E-state index is 12.2. The van der Waals surface area contributed by atoms with E-state index >= 15 is 0 Å². The molecule has 3 aromatic carbocycles. The summed E-state index contributed by atoms with van der Waals surface area (Å²) in [4.78, 5) is 22.9. The first-order chi connectivity index (χ1) is 16.4. The van der Waals surface area contributed by atoms with Crippen molar-refractivity contribution < 1.29 is 32.7 Å². The van der Waals surface area contributed by atoms with Gasteiger partial charge in [-0.05, 0) is 47.9 Å². The van der Waals surface area contributed by atoms with E-state index in [0.717, 1.165) is 5.56 Å². The van der Waals surface area contributed by atoms with Gasteiger partial charge < -0.3 is 19.5 Å². The summed E-state index contributed by atoms with van der Waals surface area (Å²) in [5.41, 5.74) is 1.86. The van der Waals surface area contributed by atoms with Crippen molar-refractivity contribution in [1.82, 2.24) is 5.32 Å². The molecule has 8 nitrogen and oxygen atoms in total. The predicted molar refractivity (Wildman–Crippen MR) is 120 cm³/mol. The quantitative estimate of drug-likeness (QED) is 0.323. The van der Waals surface area contributed by atoms with Crippen LogP contribution in [0, 0.1) is 10.1 Å². The largest absolute Gasteiger partial charge is 0.497 e. The number of ether oxygens (including phenoxy) is 3. The van der Waals surface area contributed by atoms with E-state index in [0.29, 0.717) is 35.6 Å². The maximum atomic E-state index is 12.2. The Morgan fingerprint density at radius 1 is 1.03 bits per heavy atom. The molecule has 10 heteroatoms. The third-order valence-corrected chi connectivity index (χ3v) is 4.82. The van der Waals surface area contributed by atoms with Crippen LogP contribution in [0.25, 0.3) is 11.1 Å². The molecule has 3 rings (SSSR count). The second-order valence-electron chi connectivity index (χ2n) is 7.08. The third-order valence-electron chi connectivity index (χ3n) is 4.82. The molecule has 0 fully saturated rings. The Balaban J connectivity index is 1.58. The van der Waals surface area contributed by atoms with E-state index in [9.17, 15) is 23.7 Å². The molecule has 0 bridgehead atoms. The van der Waals surface area contributed by atoms with Gasteiger partial charge in [0.05, 0.1) is 12.0 Å². The first-order valence-electron chi connectivity index (χ1n) is 10.2. The van der Waals surface area contributed by atoms with Crippen LogP contribution in [0.2, 0.25) is 0 Å². The van der Waals surface area contributed by atoms with Crippen molar-refractivity contribution in [2.24, 2.45) is 0 Å². The number of nitrogens with zero attached hydrogens (tertiary/aromatic N) is 1. The first kappa shape index (κ1) is 24.4. The summed E-state index contributed by atoms with van der Waals surface area (Å²) < 4.78 is 39.5. The van der Waals surface area contributed by atoms with Crippen molar-refractivity contribution in [3.8, 4) is 28.4 Å². The lowest BCUT2D eigenvalue weighted by Gasteiger charge is -2.12. The molecule has 0 atom stereocenters. The minimum atomic E-state index is -2.88. The molecular formula is C24H22F2N2O6. The fraction of sp³-hybridized carbons (Fsp3) is 0.208. The third kappa shape index (κ3) is 6.89. The van der Waals surface area contributed by atoms with E-state index in [1.165, 1.54) is 37.4 Å². The lowest BCUT2D eigenvalue weighted by molar-refractivity contribution is -0.384. The Kier molecular flexibility index (Phi) is 8.33. The monoisotopic (exact) mass is 472 g/mol. The zero-order valence-corrected chi connectivity index (χ0v) is 18.2. The van der Waals surface area contributed by atoms with Gasteiger partial charge in [-0.1, -0.05) is 24.3 Å². The number of methoxy groups -OCH3 is 1. The average Bonchev–Trinajstić information content (AvgIpc) is 2.83. The Morgan fingerprint density at radius 3 is 2.32 bits per heavy atom. The number of carbonyl (C=O) groups is 1. The molecule has 0 aliphatic carbocycles. The molecule has 3 aromatic rings. The van der Waals surface area contributed by atoms with Crippen LogP contribution < -0.4 is 19.5 Å². The lowest BCUT2D eigenvalue weighted by Crippen LogP contribution is -2.30. The number of hydrogen-bond donors (Lipinski definition) is 1. The van der Waals surface area contributed by atoms with Crippen molar-refractivity contribution in [2.45, 2.75) is 13.0 Å². The van der Waals surface area contributed by atoms with Crippen molar-refractivity contribution in [2.75, 3.05) is 20.3 Å². The summed E-state index contributed by atoms with van der Waals surface area (Å²) in [5.74, 6) is 0.636. The highest BCUT2D eigenvalue weighted by molar-refractivity contribution is 5.78. The zero-order chi connectivity index (χ0) is 24.5. The molecule has 0 heterocycles. The van der Waals surface area contributed by atoms with Crippen LogP contribution in [-0.4, -0.2) is 37.7 Å². The summed E-state index contributed by atoms with van der Waals surface area (Å²) >= 11 is 0. The number of nitro groups is 1. The predicted octanol–water partition coefficient (Wildman–Crippen LogP) is 4.61. The zero-order valence-electron chi connectivity index (χ0n) is 18.2. The lowest BCUT2D eigenvalue weighted by atomic mass is 10.0. The van der Waals surface area contributed by atoms with Crippen LogP contribution in [0.15, 0.2) is 66.7 Å². The molecule has 0 saturated carbocycles. The maximum Gasteiger partial charge on any atom is 0.387 e. The number of halogens is 2. The molecule has 0 aliphatic heterocycles. The molecule has 178 valence electrons. The molecule has 0 aliphatic rings. The summed E-state index contributed by atoms with van der Waals surface area (Å²) in [7, 11) is 1.53. The average molecular weight is 472 g/mol. The molecule has 0 radical (unpaired) electrons. The smallest absolute Gasteiger partial charge is 0.387 e. The summed E-state index contributed by atoms with van der Waals surface area (Å²) in [6.07, 6.45) is 0.481. The Labute approximate surface area is 194 Å². The number of non-ortho nitro benzene ring substituents is 1. The number of alkyl halides is 2. The topological polar surface area (TPSA) is 99.9 Å². The molecule has 1 N–H and O–H groups in total. The molecule has 0 saturated heterocycles.